The van der Waals surface area contributed by atoms with E-state index in [2.05, 4.69) is 44.0 Å². The lowest BCUT2D eigenvalue weighted by Crippen LogP contribution is -2.54. The molecule has 5 nitrogen and oxygen atoms in total. The maximum Gasteiger partial charge on any atom is 0.270 e. The van der Waals surface area contributed by atoms with Gasteiger partial charge in [0.1, 0.15) is 5.57 Å². The number of allylic oxidation sites excluding steroid dienone is 1. The Kier molecular flexibility index (Phi) is 6.40. The van der Waals surface area contributed by atoms with Gasteiger partial charge in [0.2, 0.25) is 0 Å². The second kappa shape index (κ2) is 9.01. The molecule has 2 aliphatic heterocycles. The number of aryl methyl sites for hydroxylation is 1. The molecule has 2 amide bonds. The number of anilines is 2. The first kappa shape index (κ1) is 24.2. The Balaban J connectivity index is 1.78. The Labute approximate surface area is 211 Å². The van der Waals surface area contributed by atoms with E-state index in [1.54, 1.807) is 18.2 Å². The van der Waals surface area contributed by atoms with Gasteiger partial charge >= 0.3 is 0 Å². The van der Waals surface area contributed by atoms with Crippen LogP contribution in [0.15, 0.2) is 48.0 Å². The average Bonchev–Trinajstić information content (AvgIpc) is 2.75. The van der Waals surface area contributed by atoms with Crippen LogP contribution in [0.3, 0.4) is 0 Å². The molecule has 7 heteroatoms. The summed E-state index contributed by atoms with van der Waals surface area (Å²) in [5, 5.41) is 3.17. The molecule has 1 N–H and O–H groups in total. The summed E-state index contributed by atoms with van der Waals surface area (Å²) in [7, 11) is 0. The standard InChI is InChI=1S/C27H28ClN3O2S/c1-6-11-30-23-14-22(28)18(12-20(23)17(3)15-27(30,4)5)13-21-24(32)29-26(34)31(25(21)33)19-9-7-16(2)8-10-19/h7-10,12-15H,6,11H2,1-5H3,(H,29,32,34)/b21-13-. The monoisotopic (exact) mass is 493 g/mol. The van der Waals surface area contributed by atoms with E-state index >= 15 is 0 Å². The van der Waals surface area contributed by atoms with Gasteiger partial charge in [-0.1, -0.05) is 42.3 Å². The highest BCUT2D eigenvalue weighted by Crippen LogP contribution is 2.42. The first-order valence-electron chi connectivity index (χ1n) is 11.3. The number of benzene rings is 2. The van der Waals surface area contributed by atoms with Crippen molar-refractivity contribution in [3.8, 4) is 0 Å². The minimum Gasteiger partial charge on any atom is -0.362 e. The number of amides is 2. The fourth-order valence-electron chi connectivity index (χ4n) is 4.60. The molecular weight excluding hydrogens is 466 g/mol. The molecule has 0 spiro atoms. The Morgan fingerprint density at radius 3 is 2.44 bits per heavy atom. The number of carbonyl (C=O) groups excluding carboxylic acids is 2. The van der Waals surface area contributed by atoms with Crippen molar-refractivity contribution in [1.29, 1.82) is 0 Å². The number of hydrogen-bond acceptors (Lipinski definition) is 4. The summed E-state index contributed by atoms with van der Waals surface area (Å²) in [5.74, 6) is -1.01. The molecule has 0 atom stereocenters. The third-order valence-electron chi connectivity index (χ3n) is 6.24. The lowest BCUT2D eigenvalue weighted by molar-refractivity contribution is -0.122. The number of fused-ring (bicyclic) bond motifs is 1. The van der Waals surface area contributed by atoms with Crippen molar-refractivity contribution in [1.82, 2.24) is 5.32 Å². The number of rotatable bonds is 4. The van der Waals surface area contributed by atoms with Gasteiger partial charge in [-0.3, -0.25) is 19.8 Å². The van der Waals surface area contributed by atoms with Crippen molar-refractivity contribution >= 4 is 63.8 Å². The summed E-state index contributed by atoms with van der Waals surface area (Å²) in [6, 6.07) is 11.3. The third-order valence-corrected chi connectivity index (χ3v) is 6.85. The van der Waals surface area contributed by atoms with Gasteiger partial charge in [-0.15, -0.1) is 0 Å². The van der Waals surface area contributed by atoms with Crippen molar-refractivity contribution in [2.75, 3.05) is 16.3 Å². The summed E-state index contributed by atoms with van der Waals surface area (Å²) in [5.41, 5.74) is 5.34. The van der Waals surface area contributed by atoms with Gasteiger partial charge in [0.25, 0.3) is 11.8 Å². The number of thiocarbonyl (C=S) groups is 1. The zero-order valence-corrected chi connectivity index (χ0v) is 21.6. The van der Waals surface area contributed by atoms with Crippen LogP contribution >= 0.6 is 23.8 Å². The van der Waals surface area contributed by atoms with Crippen molar-refractivity contribution in [2.24, 2.45) is 0 Å². The number of nitrogens with zero attached hydrogens (tertiary/aromatic N) is 2. The molecule has 2 aromatic rings. The third kappa shape index (κ3) is 4.28. The van der Waals surface area contributed by atoms with Crippen molar-refractivity contribution in [3.05, 3.63) is 69.8 Å². The van der Waals surface area contributed by atoms with E-state index in [0.717, 1.165) is 35.4 Å². The van der Waals surface area contributed by atoms with Crippen LogP contribution in [0.4, 0.5) is 11.4 Å². The quantitative estimate of drug-likeness (QED) is 0.327. The molecule has 1 fully saturated rings. The highest BCUT2D eigenvalue weighted by atomic mass is 35.5. The lowest BCUT2D eigenvalue weighted by atomic mass is 9.87. The smallest absolute Gasteiger partial charge is 0.270 e. The Bertz CT molecular complexity index is 1260. The molecule has 0 bridgehead atoms. The summed E-state index contributed by atoms with van der Waals surface area (Å²) in [6.07, 6.45) is 4.80. The normalized spacial score (nSPS) is 18.7. The molecule has 34 heavy (non-hydrogen) atoms. The Hall–Kier alpha value is -2.96. The average molecular weight is 494 g/mol. The number of halogens is 1. The fraction of sp³-hybridized carbons (Fsp3) is 0.296. The van der Waals surface area contributed by atoms with Crippen LogP contribution < -0.4 is 15.1 Å². The van der Waals surface area contributed by atoms with Crippen LogP contribution in [0.2, 0.25) is 5.02 Å². The number of nitrogens with one attached hydrogen (secondary N) is 1. The minimum absolute atomic E-state index is 0.0146. The predicted molar refractivity (Wildman–Crippen MR) is 144 cm³/mol. The van der Waals surface area contributed by atoms with Crippen LogP contribution in [0, 0.1) is 6.92 Å². The van der Waals surface area contributed by atoms with Crippen LogP contribution in [0.25, 0.3) is 11.6 Å². The molecule has 0 saturated carbocycles. The highest BCUT2D eigenvalue weighted by Gasteiger charge is 2.35. The van der Waals surface area contributed by atoms with Gasteiger partial charge in [-0.05, 0) is 87.8 Å². The molecule has 0 aliphatic carbocycles. The molecule has 0 radical (unpaired) electrons. The van der Waals surface area contributed by atoms with Crippen LogP contribution in [-0.2, 0) is 9.59 Å². The summed E-state index contributed by atoms with van der Waals surface area (Å²) in [4.78, 5) is 29.8. The highest BCUT2D eigenvalue weighted by molar-refractivity contribution is 7.80. The second-order valence-electron chi connectivity index (χ2n) is 9.32. The van der Waals surface area contributed by atoms with Crippen LogP contribution in [-0.4, -0.2) is 29.0 Å². The fourth-order valence-corrected chi connectivity index (χ4v) is 5.09. The molecular formula is C27H28ClN3O2S. The van der Waals surface area contributed by atoms with Gasteiger partial charge in [0.05, 0.1) is 11.2 Å². The van der Waals surface area contributed by atoms with Crippen LogP contribution in [0.5, 0.6) is 0 Å². The SMILES string of the molecule is CCCN1c2cc(Cl)c(/C=C3/C(=O)NC(=S)N(c4ccc(C)cc4)C3=O)cc2C(C)=CC1(C)C. The summed E-state index contributed by atoms with van der Waals surface area (Å²) in [6.45, 7) is 11.5. The Morgan fingerprint density at radius 2 is 1.79 bits per heavy atom. The van der Waals surface area contributed by atoms with E-state index in [4.69, 9.17) is 23.8 Å². The van der Waals surface area contributed by atoms with E-state index in [-0.39, 0.29) is 16.2 Å². The van der Waals surface area contributed by atoms with E-state index in [0.29, 0.717) is 16.3 Å². The second-order valence-corrected chi connectivity index (χ2v) is 10.1. The molecule has 0 unspecified atom stereocenters. The maximum absolute atomic E-state index is 13.4. The minimum atomic E-state index is -0.534. The molecule has 2 aliphatic rings. The molecule has 1 saturated heterocycles. The first-order chi connectivity index (χ1) is 16.0. The van der Waals surface area contributed by atoms with Crippen molar-refractivity contribution in [2.45, 2.75) is 46.6 Å². The molecule has 4 rings (SSSR count). The number of carbonyl (C=O) groups is 2. The zero-order chi connectivity index (χ0) is 24.8. The topological polar surface area (TPSA) is 52.7 Å². The van der Waals surface area contributed by atoms with Gasteiger partial charge in [0.15, 0.2) is 5.11 Å². The van der Waals surface area contributed by atoms with E-state index < -0.39 is 11.8 Å². The first-order valence-corrected chi connectivity index (χ1v) is 12.1. The summed E-state index contributed by atoms with van der Waals surface area (Å²) >= 11 is 12.0. The van der Waals surface area contributed by atoms with E-state index in [9.17, 15) is 9.59 Å². The van der Waals surface area contributed by atoms with Gasteiger partial charge < -0.3 is 4.90 Å². The van der Waals surface area contributed by atoms with E-state index in [1.807, 2.05) is 31.2 Å². The molecule has 2 aromatic carbocycles. The zero-order valence-electron chi connectivity index (χ0n) is 20.0. The van der Waals surface area contributed by atoms with Crippen LogP contribution in [0.1, 0.15) is 50.8 Å². The van der Waals surface area contributed by atoms with Gasteiger partial charge in [-0.25, -0.2) is 0 Å². The molecule has 2 heterocycles. The summed E-state index contributed by atoms with van der Waals surface area (Å²) < 4.78 is 0. The predicted octanol–water partition coefficient (Wildman–Crippen LogP) is 5.89. The van der Waals surface area contributed by atoms with E-state index in [1.165, 1.54) is 4.90 Å². The molecule has 0 aromatic heterocycles. The largest absolute Gasteiger partial charge is 0.362 e. The maximum atomic E-state index is 13.4. The van der Waals surface area contributed by atoms with Crippen molar-refractivity contribution < 1.29 is 9.59 Å². The Morgan fingerprint density at radius 1 is 1.12 bits per heavy atom. The van der Waals surface area contributed by atoms with Gasteiger partial charge in [-0.2, -0.15) is 0 Å². The van der Waals surface area contributed by atoms with Gasteiger partial charge in [0, 0.05) is 22.8 Å². The molecule has 176 valence electrons. The van der Waals surface area contributed by atoms with Crippen molar-refractivity contribution in [3.63, 3.8) is 0 Å². The lowest BCUT2D eigenvalue weighted by Gasteiger charge is -2.43. The number of hydrogen-bond donors (Lipinski definition) is 1.